The van der Waals surface area contributed by atoms with Crippen molar-refractivity contribution < 1.29 is 4.79 Å². The smallest absolute Gasteiger partial charge is 0.271 e. The fourth-order valence-corrected chi connectivity index (χ4v) is 3.14. The number of carbonyl (C=O) groups is 1. The lowest BCUT2D eigenvalue weighted by Crippen LogP contribution is -2.27. The van der Waals surface area contributed by atoms with Crippen LogP contribution < -0.4 is 5.32 Å². The lowest BCUT2D eigenvalue weighted by atomic mass is 10.2. The molecule has 116 valence electrons. The minimum Gasteiger partial charge on any atom is -0.350 e. The predicted octanol–water partition coefficient (Wildman–Crippen LogP) is 2.07. The second-order valence-electron chi connectivity index (χ2n) is 5.72. The summed E-state index contributed by atoms with van der Waals surface area (Å²) in [5.74, 6) is 0.868. The number of imidazole rings is 1. The molecule has 0 aromatic carbocycles. The molecule has 2 aromatic heterocycles. The second kappa shape index (κ2) is 6.68. The molecule has 0 atom stereocenters. The summed E-state index contributed by atoms with van der Waals surface area (Å²) in [6.45, 7) is 2.66. The summed E-state index contributed by atoms with van der Waals surface area (Å²) in [6.07, 6.45) is 12.3. The van der Waals surface area contributed by atoms with Crippen molar-refractivity contribution in [2.24, 2.45) is 0 Å². The number of aromatic nitrogens is 4. The summed E-state index contributed by atoms with van der Waals surface area (Å²) in [6, 6.07) is 0.577. The van der Waals surface area contributed by atoms with E-state index in [0.29, 0.717) is 18.3 Å². The molecular formula is C16H21N5O. The molecule has 6 heteroatoms. The van der Waals surface area contributed by atoms with Crippen molar-refractivity contribution in [2.75, 3.05) is 6.54 Å². The maximum atomic E-state index is 11.9. The van der Waals surface area contributed by atoms with Crippen LogP contribution in [0.5, 0.6) is 0 Å². The molecule has 0 bridgehead atoms. The molecule has 1 amide bonds. The number of nitrogens with one attached hydrogen (secondary N) is 1. The van der Waals surface area contributed by atoms with Gasteiger partial charge in [0.25, 0.3) is 5.91 Å². The van der Waals surface area contributed by atoms with Gasteiger partial charge in [-0.25, -0.2) is 9.97 Å². The van der Waals surface area contributed by atoms with Crippen molar-refractivity contribution in [1.82, 2.24) is 24.8 Å². The molecule has 1 saturated carbocycles. The van der Waals surface area contributed by atoms with Crippen molar-refractivity contribution in [3.05, 3.63) is 42.0 Å². The Bertz CT molecular complexity index is 631. The van der Waals surface area contributed by atoms with Gasteiger partial charge in [0.2, 0.25) is 0 Å². The first-order chi connectivity index (χ1) is 10.8. The highest BCUT2D eigenvalue weighted by Gasteiger charge is 2.21. The van der Waals surface area contributed by atoms with Crippen LogP contribution in [-0.4, -0.2) is 32.0 Å². The van der Waals surface area contributed by atoms with Crippen LogP contribution in [0.1, 0.15) is 53.7 Å². The Morgan fingerprint density at radius 3 is 2.82 bits per heavy atom. The Hall–Kier alpha value is -2.24. The molecule has 2 heterocycles. The third kappa shape index (κ3) is 3.16. The first-order valence-electron chi connectivity index (χ1n) is 7.82. The molecule has 3 rings (SSSR count). The summed E-state index contributed by atoms with van der Waals surface area (Å²) in [7, 11) is 0. The summed E-state index contributed by atoms with van der Waals surface area (Å²) < 4.78 is 2.35. The fraction of sp³-hybridized carbons (Fsp3) is 0.500. The zero-order valence-corrected chi connectivity index (χ0v) is 12.8. The number of nitrogens with zero attached hydrogens (tertiary/aromatic N) is 4. The summed E-state index contributed by atoms with van der Waals surface area (Å²) in [5.41, 5.74) is 1.56. The SMILES string of the molecule is Cc1cnc(CCNC(=O)c2cnccn2)n1C1CCCC1. The van der Waals surface area contributed by atoms with Crippen molar-refractivity contribution in [3.63, 3.8) is 0 Å². The number of hydrogen-bond donors (Lipinski definition) is 1. The third-order valence-electron chi connectivity index (χ3n) is 4.18. The average Bonchev–Trinajstić information content (AvgIpc) is 3.18. The van der Waals surface area contributed by atoms with Crippen LogP contribution in [0.25, 0.3) is 0 Å². The van der Waals surface area contributed by atoms with Gasteiger partial charge in [0.05, 0.1) is 6.20 Å². The van der Waals surface area contributed by atoms with Crippen LogP contribution in [-0.2, 0) is 6.42 Å². The number of aryl methyl sites for hydroxylation is 1. The van der Waals surface area contributed by atoms with E-state index < -0.39 is 0 Å². The standard InChI is InChI=1S/C16H21N5O/c1-12-10-20-15(21(12)13-4-2-3-5-13)6-7-19-16(22)14-11-17-8-9-18-14/h8-11,13H,2-7H2,1H3,(H,19,22). The molecule has 1 aliphatic rings. The predicted molar refractivity (Wildman–Crippen MR) is 82.5 cm³/mol. The molecule has 1 aliphatic carbocycles. The van der Waals surface area contributed by atoms with Crippen molar-refractivity contribution >= 4 is 5.91 Å². The zero-order valence-electron chi connectivity index (χ0n) is 12.8. The topological polar surface area (TPSA) is 72.7 Å². The van der Waals surface area contributed by atoms with Crippen LogP contribution in [0, 0.1) is 6.92 Å². The van der Waals surface area contributed by atoms with E-state index in [1.54, 1.807) is 6.20 Å². The summed E-state index contributed by atoms with van der Waals surface area (Å²) in [5, 5.41) is 2.88. The molecule has 0 unspecified atom stereocenters. The average molecular weight is 299 g/mol. The maximum Gasteiger partial charge on any atom is 0.271 e. The van der Waals surface area contributed by atoms with E-state index in [4.69, 9.17) is 0 Å². The number of amides is 1. The third-order valence-corrected chi connectivity index (χ3v) is 4.18. The molecule has 1 fully saturated rings. The molecule has 0 spiro atoms. The van der Waals surface area contributed by atoms with E-state index >= 15 is 0 Å². The lowest BCUT2D eigenvalue weighted by Gasteiger charge is -2.17. The molecule has 0 aliphatic heterocycles. The Morgan fingerprint density at radius 2 is 2.09 bits per heavy atom. The molecular weight excluding hydrogens is 278 g/mol. The van der Waals surface area contributed by atoms with Gasteiger partial charge in [0, 0.05) is 43.3 Å². The van der Waals surface area contributed by atoms with Crippen LogP contribution in [0.15, 0.2) is 24.8 Å². The molecule has 6 nitrogen and oxygen atoms in total. The van der Waals surface area contributed by atoms with Crippen LogP contribution in [0.2, 0.25) is 0 Å². The summed E-state index contributed by atoms with van der Waals surface area (Å²) >= 11 is 0. The highest BCUT2D eigenvalue weighted by Crippen LogP contribution is 2.31. The van der Waals surface area contributed by atoms with E-state index in [9.17, 15) is 4.79 Å². The highest BCUT2D eigenvalue weighted by atomic mass is 16.1. The molecule has 2 aromatic rings. The van der Waals surface area contributed by atoms with Gasteiger partial charge in [-0.05, 0) is 19.8 Å². The van der Waals surface area contributed by atoms with E-state index in [1.165, 1.54) is 43.8 Å². The number of rotatable bonds is 5. The number of hydrogen-bond acceptors (Lipinski definition) is 4. The van der Waals surface area contributed by atoms with Gasteiger partial charge in [-0.15, -0.1) is 0 Å². The molecule has 0 radical (unpaired) electrons. The van der Waals surface area contributed by atoms with Gasteiger partial charge in [-0.2, -0.15) is 0 Å². The van der Waals surface area contributed by atoms with Crippen molar-refractivity contribution in [3.8, 4) is 0 Å². The highest BCUT2D eigenvalue weighted by molar-refractivity contribution is 5.91. The molecule has 0 saturated heterocycles. The van der Waals surface area contributed by atoms with Crippen LogP contribution >= 0.6 is 0 Å². The quantitative estimate of drug-likeness (QED) is 0.917. The van der Waals surface area contributed by atoms with Crippen molar-refractivity contribution in [2.45, 2.75) is 45.1 Å². The fourth-order valence-electron chi connectivity index (χ4n) is 3.14. The van der Waals surface area contributed by atoms with E-state index in [2.05, 4.69) is 31.8 Å². The first kappa shape index (κ1) is 14.7. The van der Waals surface area contributed by atoms with E-state index in [1.807, 2.05) is 6.20 Å². The largest absolute Gasteiger partial charge is 0.350 e. The molecule has 22 heavy (non-hydrogen) atoms. The molecule has 1 N–H and O–H groups in total. The van der Waals surface area contributed by atoms with Gasteiger partial charge in [-0.3, -0.25) is 9.78 Å². The van der Waals surface area contributed by atoms with E-state index in [0.717, 1.165) is 12.2 Å². The first-order valence-corrected chi connectivity index (χ1v) is 7.82. The minimum atomic E-state index is -0.191. The van der Waals surface area contributed by atoms with Gasteiger partial charge < -0.3 is 9.88 Å². The Balaban J connectivity index is 1.59. The van der Waals surface area contributed by atoms with Gasteiger partial charge in [0.1, 0.15) is 11.5 Å². The van der Waals surface area contributed by atoms with Gasteiger partial charge in [0.15, 0.2) is 0 Å². The minimum absolute atomic E-state index is 0.191. The monoisotopic (exact) mass is 299 g/mol. The number of carbonyl (C=O) groups excluding carboxylic acids is 1. The van der Waals surface area contributed by atoms with Gasteiger partial charge >= 0.3 is 0 Å². The van der Waals surface area contributed by atoms with E-state index in [-0.39, 0.29) is 5.91 Å². The maximum absolute atomic E-state index is 11.9. The van der Waals surface area contributed by atoms with Gasteiger partial charge in [-0.1, -0.05) is 12.8 Å². The Kier molecular flexibility index (Phi) is 4.46. The normalized spacial score (nSPS) is 15.1. The second-order valence-corrected chi connectivity index (χ2v) is 5.72. The van der Waals surface area contributed by atoms with Crippen LogP contribution in [0.4, 0.5) is 0 Å². The van der Waals surface area contributed by atoms with Crippen LogP contribution in [0.3, 0.4) is 0 Å². The Labute approximate surface area is 130 Å². The lowest BCUT2D eigenvalue weighted by molar-refractivity contribution is 0.0948. The zero-order chi connectivity index (χ0) is 15.4. The Morgan fingerprint density at radius 1 is 1.27 bits per heavy atom. The summed E-state index contributed by atoms with van der Waals surface area (Å²) in [4.78, 5) is 24.3. The van der Waals surface area contributed by atoms with Crippen molar-refractivity contribution in [1.29, 1.82) is 0 Å².